The van der Waals surface area contributed by atoms with Crippen LogP contribution in [-0.2, 0) is 0 Å². The zero-order chi connectivity index (χ0) is 23.8. The number of carbonyl (C=O) groups is 2. The van der Waals surface area contributed by atoms with Gasteiger partial charge >= 0.3 is 81.5 Å². The average Bonchev–Trinajstić information content (AvgIpc) is 2.72. The topological polar surface area (TPSA) is 127 Å². The summed E-state index contributed by atoms with van der Waals surface area (Å²) in [6, 6.07) is 9.37. The third-order valence-corrected chi connectivity index (χ3v) is 8.50. The SMILES string of the molecule is CCC[CH2][Sn][CH2]CCC.Cc1ccc(C(=O)O)cc1N.Cc1ccc(C(=O)O)cc1N. The largest absolute Gasteiger partial charge is 0.478 e. The van der Waals surface area contributed by atoms with Gasteiger partial charge in [0.25, 0.3) is 0 Å². The van der Waals surface area contributed by atoms with Crippen molar-refractivity contribution >= 4 is 44.5 Å². The van der Waals surface area contributed by atoms with Crippen LogP contribution >= 0.6 is 0 Å². The molecule has 0 spiro atoms. The number of hydrogen-bond acceptors (Lipinski definition) is 4. The number of unbranched alkanes of at least 4 members (excludes halogenated alkanes) is 2. The molecule has 0 aliphatic carbocycles. The molecule has 6 nitrogen and oxygen atoms in total. The van der Waals surface area contributed by atoms with Crippen molar-refractivity contribution in [2.75, 3.05) is 11.5 Å². The van der Waals surface area contributed by atoms with Crippen LogP contribution in [0.5, 0.6) is 0 Å². The number of hydrogen-bond donors (Lipinski definition) is 4. The van der Waals surface area contributed by atoms with Gasteiger partial charge in [0.05, 0.1) is 11.1 Å². The van der Waals surface area contributed by atoms with Crippen LogP contribution in [0.25, 0.3) is 0 Å². The molecule has 2 radical (unpaired) electrons. The van der Waals surface area contributed by atoms with Crippen LogP contribution in [0.15, 0.2) is 36.4 Å². The minimum atomic E-state index is -0.947. The van der Waals surface area contributed by atoms with E-state index in [9.17, 15) is 9.59 Å². The van der Waals surface area contributed by atoms with E-state index >= 15 is 0 Å². The van der Waals surface area contributed by atoms with E-state index in [4.69, 9.17) is 21.7 Å². The van der Waals surface area contributed by atoms with Crippen LogP contribution in [0.1, 0.15) is 71.4 Å². The molecule has 0 amide bonds. The molecule has 0 aliphatic heterocycles. The van der Waals surface area contributed by atoms with Crippen molar-refractivity contribution in [3.8, 4) is 0 Å². The van der Waals surface area contributed by atoms with Gasteiger partial charge in [0.1, 0.15) is 0 Å². The van der Waals surface area contributed by atoms with E-state index in [1.165, 1.54) is 49.9 Å². The summed E-state index contributed by atoms with van der Waals surface area (Å²) in [5.74, 6) is -1.89. The number of carboxylic acids is 2. The molecule has 2 aromatic carbocycles. The van der Waals surface area contributed by atoms with Crippen molar-refractivity contribution < 1.29 is 19.8 Å². The maximum Gasteiger partial charge on any atom is 0.335 e. The van der Waals surface area contributed by atoms with Crippen molar-refractivity contribution in [2.45, 2.75) is 62.3 Å². The number of aromatic carboxylic acids is 2. The van der Waals surface area contributed by atoms with Gasteiger partial charge in [-0.1, -0.05) is 12.1 Å². The van der Waals surface area contributed by atoms with Crippen LogP contribution in [0.3, 0.4) is 0 Å². The minimum Gasteiger partial charge on any atom is -0.478 e. The first-order valence-electron chi connectivity index (χ1n) is 10.5. The quantitative estimate of drug-likeness (QED) is 0.196. The summed E-state index contributed by atoms with van der Waals surface area (Å²) >= 11 is 0.149. The summed E-state index contributed by atoms with van der Waals surface area (Å²) in [6.07, 6.45) is 5.84. The zero-order valence-electron chi connectivity index (χ0n) is 19.1. The Morgan fingerprint density at radius 3 is 1.39 bits per heavy atom. The normalized spacial score (nSPS) is 9.68. The van der Waals surface area contributed by atoms with Crippen molar-refractivity contribution in [2.24, 2.45) is 0 Å². The molecule has 0 bridgehead atoms. The predicted octanol–water partition coefficient (Wildman–Crippen LogP) is 5.68. The van der Waals surface area contributed by atoms with E-state index < -0.39 is 11.9 Å². The summed E-state index contributed by atoms with van der Waals surface area (Å²) in [6.45, 7) is 8.25. The second-order valence-corrected chi connectivity index (χ2v) is 11.5. The Balaban J connectivity index is 0.000000439. The summed E-state index contributed by atoms with van der Waals surface area (Å²) in [7, 11) is 0. The molecule has 7 heteroatoms. The first-order valence-corrected chi connectivity index (χ1v) is 14.6. The van der Waals surface area contributed by atoms with Crippen LogP contribution in [0.2, 0.25) is 8.87 Å². The molecule has 0 saturated carbocycles. The van der Waals surface area contributed by atoms with E-state index in [1.54, 1.807) is 21.0 Å². The second-order valence-electron chi connectivity index (χ2n) is 7.21. The zero-order valence-corrected chi connectivity index (χ0v) is 21.9. The van der Waals surface area contributed by atoms with Crippen LogP contribution in [0, 0.1) is 13.8 Å². The Labute approximate surface area is 196 Å². The van der Waals surface area contributed by atoms with Gasteiger partial charge in [0.2, 0.25) is 0 Å². The Morgan fingerprint density at radius 1 is 0.774 bits per heavy atom. The third-order valence-electron chi connectivity index (χ3n) is 4.47. The standard InChI is InChI=1S/2C8H9NO2.2C4H9.Sn/c2*1-5-2-3-6(8(10)11)4-7(5)9;2*1-3-4-2;/h2*2-4H,9H2,1H3,(H,10,11);2*1,3-4H2,2H3;. The monoisotopic (exact) mass is 536 g/mol. The molecule has 0 heterocycles. The smallest absolute Gasteiger partial charge is 0.335 e. The fourth-order valence-electron chi connectivity index (χ4n) is 2.28. The Bertz CT molecular complexity index is 758. The van der Waals surface area contributed by atoms with Crippen molar-refractivity contribution in [1.29, 1.82) is 0 Å². The third kappa shape index (κ3) is 12.9. The van der Waals surface area contributed by atoms with Gasteiger partial charge in [-0.25, -0.2) is 9.59 Å². The number of nitrogen functional groups attached to an aromatic ring is 2. The Morgan fingerprint density at radius 2 is 1.13 bits per heavy atom. The number of nitrogens with two attached hydrogens (primary N) is 2. The first kappa shape index (κ1) is 28.8. The van der Waals surface area contributed by atoms with Gasteiger partial charge < -0.3 is 21.7 Å². The van der Waals surface area contributed by atoms with E-state index in [2.05, 4.69) is 13.8 Å². The Kier molecular flexibility index (Phi) is 15.3. The van der Waals surface area contributed by atoms with Gasteiger partial charge in [-0.15, -0.1) is 0 Å². The molecule has 0 atom stereocenters. The molecule has 0 saturated heterocycles. The number of carboxylic acid groups (broad SMARTS) is 2. The van der Waals surface area contributed by atoms with Crippen LogP contribution in [0.4, 0.5) is 11.4 Å². The maximum absolute atomic E-state index is 10.4. The molecule has 0 aliphatic rings. The molecule has 31 heavy (non-hydrogen) atoms. The molecule has 0 unspecified atom stereocenters. The molecular weight excluding hydrogens is 499 g/mol. The molecule has 0 aromatic heterocycles. The minimum absolute atomic E-state index is 0.149. The van der Waals surface area contributed by atoms with Gasteiger partial charge in [-0.2, -0.15) is 0 Å². The number of aryl methyl sites for hydroxylation is 2. The van der Waals surface area contributed by atoms with Gasteiger partial charge in [0, 0.05) is 11.4 Å². The summed E-state index contributed by atoms with van der Waals surface area (Å²) in [5.41, 5.74) is 14.3. The maximum atomic E-state index is 10.4. The fourth-order valence-corrected chi connectivity index (χ4v) is 6.43. The van der Waals surface area contributed by atoms with Gasteiger partial charge in [0.15, 0.2) is 0 Å². The van der Waals surface area contributed by atoms with E-state index in [0.717, 1.165) is 11.1 Å². The summed E-state index contributed by atoms with van der Waals surface area (Å²) < 4.78 is 3.25. The van der Waals surface area contributed by atoms with E-state index in [0.29, 0.717) is 11.4 Å². The fraction of sp³-hybridized carbons (Fsp3) is 0.417. The molecular formula is C24H36N2O4Sn. The molecule has 2 rings (SSSR count). The first-order chi connectivity index (χ1) is 14.6. The van der Waals surface area contributed by atoms with Crippen molar-refractivity contribution in [1.82, 2.24) is 0 Å². The predicted molar refractivity (Wildman–Crippen MR) is 130 cm³/mol. The van der Waals surface area contributed by atoms with Gasteiger partial charge in [-0.3, -0.25) is 0 Å². The Hall–Kier alpha value is -2.22. The average molecular weight is 535 g/mol. The van der Waals surface area contributed by atoms with E-state index in [-0.39, 0.29) is 32.3 Å². The number of benzene rings is 2. The molecule has 2 aromatic rings. The molecule has 170 valence electrons. The number of rotatable bonds is 8. The van der Waals surface area contributed by atoms with Crippen LogP contribution in [-0.4, -0.2) is 43.3 Å². The van der Waals surface area contributed by atoms with Crippen molar-refractivity contribution in [3.63, 3.8) is 0 Å². The van der Waals surface area contributed by atoms with Crippen molar-refractivity contribution in [3.05, 3.63) is 58.7 Å². The molecule has 6 N–H and O–H groups in total. The summed E-state index contributed by atoms with van der Waals surface area (Å²) in [5, 5.41) is 17.1. The number of anilines is 2. The molecule has 0 fully saturated rings. The summed E-state index contributed by atoms with van der Waals surface area (Å²) in [4.78, 5) is 20.8. The van der Waals surface area contributed by atoms with Crippen LogP contribution < -0.4 is 11.5 Å². The second kappa shape index (κ2) is 16.5. The van der Waals surface area contributed by atoms with E-state index in [1.807, 2.05) is 13.8 Å². The van der Waals surface area contributed by atoms with Gasteiger partial charge in [-0.05, 0) is 49.2 Å².